The first-order valence-corrected chi connectivity index (χ1v) is 12.5. The number of aromatic nitrogens is 2. The smallest absolute Gasteiger partial charge is 0.251 e. The van der Waals surface area contributed by atoms with Gasteiger partial charge in [0.15, 0.2) is 5.78 Å². The number of nitrogens with two attached hydrogens (primary N) is 2. The molecule has 200 valence electrons. The molecule has 1 aliphatic heterocycles. The van der Waals surface area contributed by atoms with Crippen LogP contribution in [0.2, 0.25) is 0 Å². The lowest BCUT2D eigenvalue weighted by atomic mass is 9.99. The summed E-state index contributed by atoms with van der Waals surface area (Å²) in [6, 6.07) is 8.72. The molecule has 4 rings (SSSR count). The van der Waals surface area contributed by atoms with Gasteiger partial charge in [-0.25, -0.2) is 9.37 Å². The largest absolute Gasteiger partial charge is 0.397 e. The summed E-state index contributed by atoms with van der Waals surface area (Å²) in [6.07, 6.45) is 4.08. The summed E-state index contributed by atoms with van der Waals surface area (Å²) >= 11 is 0. The molecule has 1 aliphatic rings. The number of nitrogens with one attached hydrogen (secondary N) is 1. The molecule has 0 spiro atoms. The summed E-state index contributed by atoms with van der Waals surface area (Å²) < 4.78 is 20.2. The number of hydrogen-bond acceptors (Lipinski definition) is 8. The van der Waals surface area contributed by atoms with Gasteiger partial charge in [-0.1, -0.05) is 0 Å². The van der Waals surface area contributed by atoms with Crippen LogP contribution in [0, 0.1) is 5.82 Å². The van der Waals surface area contributed by atoms with Crippen molar-refractivity contribution in [3.05, 3.63) is 71.4 Å². The third kappa shape index (κ3) is 5.98. The number of ketones is 1. The quantitative estimate of drug-likeness (QED) is 0.386. The molecule has 2 aromatic heterocycles. The molecule has 3 heterocycles. The highest BCUT2D eigenvalue weighted by Gasteiger charge is 2.28. The normalized spacial score (nSPS) is 17.5. The number of pyridine rings is 2. The van der Waals surface area contributed by atoms with E-state index in [4.69, 9.17) is 16.2 Å². The fourth-order valence-corrected chi connectivity index (χ4v) is 4.64. The SMILES string of the molecule is COC1CCN(c2ccncc2CC(=O)c2nc(-c3cc(C(=O)NC(C)C)ccc3F)ccc2N)CC1N. The zero-order valence-electron chi connectivity index (χ0n) is 21.8. The Labute approximate surface area is 221 Å². The Hall–Kier alpha value is -3.89. The lowest BCUT2D eigenvalue weighted by Gasteiger charge is -2.38. The van der Waals surface area contributed by atoms with Gasteiger partial charge in [0.1, 0.15) is 11.5 Å². The number of carbonyl (C=O) groups is 2. The predicted molar refractivity (Wildman–Crippen MR) is 145 cm³/mol. The van der Waals surface area contributed by atoms with E-state index in [-0.39, 0.29) is 64.5 Å². The third-order valence-corrected chi connectivity index (χ3v) is 6.58. The summed E-state index contributed by atoms with van der Waals surface area (Å²) in [5.41, 5.74) is 14.8. The molecule has 2 atom stereocenters. The van der Waals surface area contributed by atoms with Crippen molar-refractivity contribution in [2.24, 2.45) is 5.73 Å². The van der Waals surface area contributed by atoms with Crippen molar-refractivity contribution in [3.63, 3.8) is 0 Å². The topological polar surface area (TPSA) is 136 Å². The second-order valence-corrected chi connectivity index (χ2v) is 9.73. The van der Waals surface area contributed by atoms with Gasteiger partial charge in [-0.2, -0.15) is 0 Å². The molecule has 1 saturated heterocycles. The zero-order chi connectivity index (χ0) is 27.4. The summed E-state index contributed by atoms with van der Waals surface area (Å²) in [5.74, 6) is -1.22. The summed E-state index contributed by atoms with van der Waals surface area (Å²) in [5, 5.41) is 2.78. The first kappa shape index (κ1) is 27.2. The first-order chi connectivity index (χ1) is 18.2. The van der Waals surface area contributed by atoms with Crippen LogP contribution in [0.5, 0.6) is 0 Å². The lowest BCUT2D eigenvalue weighted by molar-refractivity contribution is 0.0664. The summed E-state index contributed by atoms with van der Waals surface area (Å²) in [7, 11) is 1.66. The number of nitrogen functional groups attached to an aromatic ring is 1. The number of ether oxygens (including phenoxy) is 1. The van der Waals surface area contributed by atoms with Gasteiger partial charge in [0.2, 0.25) is 0 Å². The molecule has 38 heavy (non-hydrogen) atoms. The van der Waals surface area contributed by atoms with Crippen molar-refractivity contribution < 1.29 is 18.7 Å². The molecule has 1 fully saturated rings. The predicted octanol–water partition coefficient (Wildman–Crippen LogP) is 2.98. The first-order valence-electron chi connectivity index (χ1n) is 12.5. The minimum atomic E-state index is -0.563. The Bertz CT molecular complexity index is 1330. The third-order valence-electron chi connectivity index (χ3n) is 6.58. The average Bonchev–Trinajstić information content (AvgIpc) is 2.89. The Balaban J connectivity index is 1.60. The lowest BCUT2D eigenvalue weighted by Crippen LogP contribution is -2.52. The monoisotopic (exact) mass is 520 g/mol. The highest BCUT2D eigenvalue weighted by molar-refractivity contribution is 6.01. The second-order valence-electron chi connectivity index (χ2n) is 9.73. The van der Waals surface area contributed by atoms with Crippen molar-refractivity contribution >= 4 is 23.1 Å². The average molecular weight is 521 g/mol. The molecule has 1 amide bonds. The van der Waals surface area contributed by atoms with E-state index in [1.165, 1.54) is 30.3 Å². The van der Waals surface area contributed by atoms with Crippen LogP contribution in [0.25, 0.3) is 11.3 Å². The van der Waals surface area contributed by atoms with E-state index in [0.717, 1.165) is 18.7 Å². The molecule has 3 aromatic rings. The van der Waals surface area contributed by atoms with E-state index in [1.807, 2.05) is 19.9 Å². The van der Waals surface area contributed by atoms with E-state index < -0.39 is 5.82 Å². The number of benzene rings is 1. The van der Waals surface area contributed by atoms with Crippen LogP contribution in [-0.4, -0.2) is 60.0 Å². The number of hydrogen-bond donors (Lipinski definition) is 3. The van der Waals surface area contributed by atoms with Gasteiger partial charge >= 0.3 is 0 Å². The molecule has 5 N–H and O–H groups in total. The minimum absolute atomic E-state index is 0.00257. The molecule has 0 saturated carbocycles. The van der Waals surface area contributed by atoms with Gasteiger partial charge in [0.25, 0.3) is 5.91 Å². The fraction of sp³-hybridized carbons (Fsp3) is 0.357. The minimum Gasteiger partial charge on any atom is -0.397 e. The molecule has 0 radical (unpaired) electrons. The van der Waals surface area contributed by atoms with Gasteiger partial charge in [-0.3, -0.25) is 14.6 Å². The molecular weight excluding hydrogens is 487 g/mol. The highest BCUT2D eigenvalue weighted by atomic mass is 19.1. The van der Waals surface area contributed by atoms with Crippen LogP contribution in [0.3, 0.4) is 0 Å². The summed E-state index contributed by atoms with van der Waals surface area (Å²) in [6.45, 7) is 4.99. The number of carbonyl (C=O) groups excluding carboxylic acids is 2. The maximum atomic E-state index is 14.8. The number of methoxy groups -OCH3 is 1. The highest BCUT2D eigenvalue weighted by Crippen LogP contribution is 2.28. The van der Waals surface area contributed by atoms with E-state index >= 15 is 0 Å². The van der Waals surface area contributed by atoms with Gasteiger partial charge < -0.3 is 26.4 Å². The number of halogens is 1. The number of piperidine rings is 1. The Kier molecular flexibility index (Phi) is 8.33. The van der Waals surface area contributed by atoms with Crippen LogP contribution < -0.4 is 21.7 Å². The fourth-order valence-electron chi connectivity index (χ4n) is 4.64. The maximum Gasteiger partial charge on any atom is 0.251 e. The van der Waals surface area contributed by atoms with Crippen molar-refractivity contribution in [2.45, 2.75) is 44.9 Å². The van der Waals surface area contributed by atoms with Gasteiger partial charge in [-0.05, 0) is 56.7 Å². The van der Waals surface area contributed by atoms with Crippen molar-refractivity contribution in [2.75, 3.05) is 30.8 Å². The van der Waals surface area contributed by atoms with E-state index in [9.17, 15) is 14.0 Å². The summed E-state index contributed by atoms with van der Waals surface area (Å²) in [4.78, 5) is 36.6. The second kappa shape index (κ2) is 11.7. The van der Waals surface area contributed by atoms with Crippen LogP contribution in [0.1, 0.15) is 46.7 Å². The van der Waals surface area contributed by atoms with Crippen LogP contribution >= 0.6 is 0 Å². The van der Waals surface area contributed by atoms with E-state index in [2.05, 4.69) is 20.2 Å². The van der Waals surface area contributed by atoms with E-state index in [0.29, 0.717) is 12.1 Å². The molecule has 0 bridgehead atoms. The van der Waals surface area contributed by atoms with Crippen LogP contribution in [0.15, 0.2) is 48.8 Å². The Morgan fingerprint density at radius 2 is 2.03 bits per heavy atom. The number of nitrogens with zero attached hydrogens (tertiary/aromatic N) is 3. The van der Waals surface area contributed by atoms with Crippen LogP contribution in [0.4, 0.5) is 15.8 Å². The number of anilines is 2. The standard InChI is InChI=1S/C28H33FN6O3/c1-16(2)33-28(37)17-4-5-20(29)19(12-17)23-7-6-21(30)27(34-23)25(36)13-18-14-32-10-8-24(18)35-11-9-26(38-3)22(31)15-35/h4-8,10,12,14,16,22,26H,9,11,13,15,30-31H2,1-3H3,(H,33,37). The van der Waals surface area contributed by atoms with Crippen molar-refractivity contribution in [3.8, 4) is 11.3 Å². The van der Waals surface area contributed by atoms with Crippen molar-refractivity contribution in [1.29, 1.82) is 0 Å². The molecular formula is C28H33FN6O3. The zero-order valence-corrected chi connectivity index (χ0v) is 21.8. The molecule has 9 nitrogen and oxygen atoms in total. The molecule has 2 unspecified atom stereocenters. The maximum absolute atomic E-state index is 14.8. The Morgan fingerprint density at radius 3 is 2.74 bits per heavy atom. The number of amides is 1. The van der Waals surface area contributed by atoms with Crippen molar-refractivity contribution in [1.82, 2.24) is 15.3 Å². The van der Waals surface area contributed by atoms with Gasteiger partial charge in [0.05, 0.1) is 17.5 Å². The molecule has 0 aliphatic carbocycles. The van der Waals surface area contributed by atoms with Gasteiger partial charge in [-0.15, -0.1) is 0 Å². The molecule has 1 aromatic carbocycles. The van der Waals surface area contributed by atoms with Crippen LogP contribution in [-0.2, 0) is 11.2 Å². The Morgan fingerprint density at radius 1 is 1.24 bits per heavy atom. The van der Waals surface area contributed by atoms with Gasteiger partial charge in [0, 0.05) is 73.5 Å². The number of Topliss-reactive ketones (excluding diaryl/α,β-unsaturated/α-hetero) is 1. The molecule has 10 heteroatoms. The number of rotatable bonds is 8. The van der Waals surface area contributed by atoms with E-state index in [1.54, 1.807) is 19.5 Å².